The lowest BCUT2D eigenvalue weighted by atomic mass is 10.0. The maximum absolute atomic E-state index is 13.4. The summed E-state index contributed by atoms with van der Waals surface area (Å²) in [5.41, 5.74) is 2.71. The first kappa shape index (κ1) is 27.8. The number of carbonyl (C=O) groups is 3. The summed E-state index contributed by atoms with van der Waals surface area (Å²) in [7, 11) is 0. The highest BCUT2D eigenvalue weighted by molar-refractivity contribution is 6.00. The van der Waals surface area contributed by atoms with Gasteiger partial charge in [0, 0.05) is 19.0 Å². The van der Waals surface area contributed by atoms with Crippen LogP contribution in [0.2, 0.25) is 0 Å². The first-order valence-electron chi connectivity index (χ1n) is 11.6. The van der Waals surface area contributed by atoms with E-state index in [2.05, 4.69) is 16.0 Å². The number of aliphatic hydroxyl groups excluding tert-OH is 1. The molecule has 0 aliphatic carbocycles. The number of aliphatic hydroxyl groups is 1. The average Bonchev–Trinajstić information content (AvgIpc) is 2.80. The summed E-state index contributed by atoms with van der Waals surface area (Å²) in [6.45, 7) is 7.95. The van der Waals surface area contributed by atoms with E-state index in [0.29, 0.717) is 24.9 Å². The van der Waals surface area contributed by atoms with Crippen molar-refractivity contribution in [1.29, 1.82) is 0 Å². The van der Waals surface area contributed by atoms with Crippen LogP contribution < -0.4 is 20.7 Å². The van der Waals surface area contributed by atoms with Gasteiger partial charge in [0.15, 0.2) is 0 Å². The molecule has 0 spiro atoms. The number of hydrogen-bond acceptors (Lipinski definition) is 6. The van der Waals surface area contributed by atoms with E-state index in [1.807, 2.05) is 39.8 Å². The Kier molecular flexibility index (Phi) is 10.7. The fourth-order valence-electron chi connectivity index (χ4n) is 3.57. The number of rotatable bonds is 13. The molecular weight excluding hydrogens is 450 g/mol. The van der Waals surface area contributed by atoms with Crippen LogP contribution in [0, 0.1) is 13.8 Å². The SMILES string of the molecule is Cc1cc(C)c(OCCNC(C)C)c(C(=O)N[C@@H](Cc2ccccc2)C(=O)N[C@@H](CO)C(=O)O)c1. The minimum absolute atomic E-state index is 0.134. The van der Waals surface area contributed by atoms with E-state index in [1.54, 1.807) is 30.3 Å². The van der Waals surface area contributed by atoms with Gasteiger partial charge in [0.25, 0.3) is 5.91 Å². The summed E-state index contributed by atoms with van der Waals surface area (Å²) < 4.78 is 5.93. The molecule has 9 nitrogen and oxygen atoms in total. The number of hydrogen-bond donors (Lipinski definition) is 5. The zero-order valence-electron chi connectivity index (χ0n) is 20.6. The Bertz CT molecular complexity index is 1010. The number of carboxylic acids is 1. The predicted molar refractivity (Wildman–Crippen MR) is 133 cm³/mol. The van der Waals surface area contributed by atoms with Crippen LogP contribution in [0.4, 0.5) is 0 Å². The molecule has 0 heterocycles. The number of carboxylic acid groups (broad SMARTS) is 1. The minimum Gasteiger partial charge on any atom is -0.491 e. The van der Waals surface area contributed by atoms with Gasteiger partial charge in [-0.1, -0.05) is 50.2 Å². The number of nitrogens with one attached hydrogen (secondary N) is 3. The molecule has 9 heteroatoms. The van der Waals surface area contributed by atoms with Crippen molar-refractivity contribution in [3.05, 3.63) is 64.7 Å². The highest BCUT2D eigenvalue weighted by Gasteiger charge is 2.28. The number of amides is 2. The summed E-state index contributed by atoms with van der Waals surface area (Å²) in [5, 5.41) is 26.8. The second-order valence-electron chi connectivity index (χ2n) is 8.71. The lowest BCUT2D eigenvalue weighted by molar-refractivity contribution is -0.143. The average molecular weight is 486 g/mol. The van der Waals surface area contributed by atoms with Crippen molar-refractivity contribution in [3.8, 4) is 5.75 Å². The van der Waals surface area contributed by atoms with Crippen molar-refractivity contribution in [3.63, 3.8) is 0 Å². The van der Waals surface area contributed by atoms with E-state index in [-0.39, 0.29) is 12.0 Å². The second kappa shape index (κ2) is 13.5. The summed E-state index contributed by atoms with van der Waals surface area (Å²) in [4.78, 5) is 37.6. The molecule has 0 fully saturated rings. The molecule has 2 aromatic carbocycles. The molecule has 0 aliphatic heterocycles. The first-order valence-corrected chi connectivity index (χ1v) is 11.6. The van der Waals surface area contributed by atoms with E-state index < -0.39 is 36.5 Å². The molecule has 0 aliphatic rings. The van der Waals surface area contributed by atoms with Crippen molar-refractivity contribution in [2.24, 2.45) is 0 Å². The van der Waals surface area contributed by atoms with E-state index >= 15 is 0 Å². The Morgan fingerprint density at radius 2 is 1.69 bits per heavy atom. The molecule has 190 valence electrons. The van der Waals surface area contributed by atoms with Crippen LogP contribution >= 0.6 is 0 Å². The fraction of sp³-hybridized carbons (Fsp3) is 0.423. The smallest absolute Gasteiger partial charge is 0.328 e. The van der Waals surface area contributed by atoms with E-state index in [0.717, 1.165) is 16.7 Å². The van der Waals surface area contributed by atoms with Crippen molar-refractivity contribution >= 4 is 17.8 Å². The highest BCUT2D eigenvalue weighted by Crippen LogP contribution is 2.26. The second-order valence-corrected chi connectivity index (χ2v) is 8.71. The zero-order valence-corrected chi connectivity index (χ0v) is 20.6. The topological polar surface area (TPSA) is 137 Å². The summed E-state index contributed by atoms with van der Waals surface area (Å²) in [5.74, 6) is -2.17. The molecule has 0 radical (unpaired) electrons. The first-order chi connectivity index (χ1) is 16.6. The minimum atomic E-state index is -1.48. The molecule has 2 atom stereocenters. The summed E-state index contributed by atoms with van der Waals surface area (Å²) >= 11 is 0. The molecule has 0 unspecified atom stereocenters. The Balaban J connectivity index is 2.29. The summed E-state index contributed by atoms with van der Waals surface area (Å²) in [6, 6.07) is 10.4. The fourth-order valence-corrected chi connectivity index (χ4v) is 3.57. The van der Waals surface area contributed by atoms with Gasteiger partial charge in [-0.15, -0.1) is 0 Å². The van der Waals surface area contributed by atoms with Gasteiger partial charge >= 0.3 is 5.97 Å². The Labute approximate surface area is 205 Å². The normalized spacial score (nSPS) is 12.6. The molecular formula is C26H35N3O6. The van der Waals surface area contributed by atoms with Crippen molar-refractivity contribution < 1.29 is 29.3 Å². The van der Waals surface area contributed by atoms with Crippen LogP contribution in [0.3, 0.4) is 0 Å². The third kappa shape index (κ3) is 8.70. The van der Waals surface area contributed by atoms with Crippen LogP contribution in [0.1, 0.15) is 40.9 Å². The quantitative estimate of drug-likeness (QED) is 0.272. The molecule has 35 heavy (non-hydrogen) atoms. The van der Waals surface area contributed by atoms with Crippen molar-refractivity contribution in [1.82, 2.24) is 16.0 Å². The summed E-state index contributed by atoms with van der Waals surface area (Å²) in [6.07, 6.45) is 0.134. The van der Waals surface area contributed by atoms with E-state index in [1.165, 1.54) is 0 Å². The Hall–Kier alpha value is -3.43. The predicted octanol–water partition coefficient (Wildman–Crippen LogP) is 1.58. The molecule has 2 aromatic rings. The largest absolute Gasteiger partial charge is 0.491 e. The number of aryl methyl sites for hydroxylation is 2. The monoisotopic (exact) mass is 485 g/mol. The molecule has 2 rings (SSSR count). The van der Waals surface area contributed by atoms with E-state index in [9.17, 15) is 24.6 Å². The lowest BCUT2D eigenvalue weighted by Gasteiger charge is -2.22. The van der Waals surface area contributed by atoms with Gasteiger partial charge in [-0.3, -0.25) is 9.59 Å². The third-order valence-electron chi connectivity index (χ3n) is 5.27. The number of carbonyl (C=O) groups excluding carboxylic acids is 2. The van der Waals surface area contributed by atoms with Gasteiger partial charge < -0.3 is 30.9 Å². The van der Waals surface area contributed by atoms with Gasteiger partial charge in [-0.25, -0.2) is 4.79 Å². The molecule has 0 saturated heterocycles. The van der Waals surface area contributed by atoms with Gasteiger partial charge in [0.1, 0.15) is 24.4 Å². The maximum Gasteiger partial charge on any atom is 0.328 e. The van der Waals surface area contributed by atoms with Gasteiger partial charge in [-0.2, -0.15) is 0 Å². The van der Waals surface area contributed by atoms with Crippen LogP contribution in [0.15, 0.2) is 42.5 Å². The molecule has 0 aromatic heterocycles. The number of ether oxygens (including phenoxy) is 1. The zero-order chi connectivity index (χ0) is 26.0. The maximum atomic E-state index is 13.4. The third-order valence-corrected chi connectivity index (χ3v) is 5.27. The molecule has 0 bridgehead atoms. The molecule has 2 amide bonds. The van der Waals surface area contributed by atoms with E-state index in [4.69, 9.17) is 4.74 Å². The van der Waals surface area contributed by atoms with Gasteiger partial charge in [0.2, 0.25) is 5.91 Å². The van der Waals surface area contributed by atoms with Crippen molar-refractivity contribution in [2.75, 3.05) is 19.8 Å². The van der Waals surface area contributed by atoms with Crippen LogP contribution in [-0.2, 0) is 16.0 Å². The van der Waals surface area contributed by atoms with Crippen LogP contribution in [0.5, 0.6) is 5.75 Å². The van der Waals surface area contributed by atoms with Gasteiger partial charge in [-0.05, 0) is 36.6 Å². The highest BCUT2D eigenvalue weighted by atomic mass is 16.5. The van der Waals surface area contributed by atoms with Crippen molar-refractivity contribution in [2.45, 2.75) is 52.2 Å². The molecule has 0 saturated carbocycles. The Morgan fingerprint density at radius 3 is 2.29 bits per heavy atom. The molecule has 5 N–H and O–H groups in total. The number of aliphatic carboxylic acids is 1. The van der Waals surface area contributed by atoms with Crippen LogP contribution in [0.25, 0.3) is 0 Å². The Morgan fingerprint density at radius 1 is 1.00 bits per heavy atom. The standard InChI is InChI=1S/C26H35N3O6/c1-16(2)27-10-11-35-23-18(4)12-17(3)13-20(23)24(31)28-21(14-19-8-6-5-7-9-19)25(32)29-22(15-30)26(33)34/h5-9,12-13,16,21-22,27,30H,10-11,14-15H2,1-4H3,(H,28,31)(H,29,32)(H,33,34)/t21-,22-/m0/s1. The number of benzene rings is 2. The van der Waals surface area contributed by atoms with Gasteiger partial charge in [0.05, 0.1) is 12.2 Å². The lowest BCUT2D eigenvalue weighted by Crippen LogP contribution is -2.53. The van der Waals surface area contributed by atoms with Crippen LogP contribution in [-0.4, -0.2) is 65.9 Å².